The molecule has 7 heteroatoms. The van der Waals surface area contributed by atoms with E-state index in [1.165, 1.54) is 10.5 Å². The number of esters is 1. The summed E-state index contributed by atoms with van der Waals surface area (Å²) in [5.41, 5.74) is 2.10. The first-order valence-electron chi connectivity index (χ1n) is 7.50. The van der Waals surface area contributed by atoms with Crippen LogP contribution in [0.1, 0.15) is 12.6 Å². The van der Waals surface area contributed by atoms with E-state index in [4.69, 9.17) is 4.74 Å². The Hall–Kier alpha value is -2.16. The molecule has 3 rings (SSSR count). The third-order valence-corrected chi connectivity index (χ3v) is 4.38. The van der Waals surface area contributed by atoms with Crippen molar-refractivity contribution in [1.82, 2.24) is 14.0 Å². The topological polar surface area (TPSA) is 65.6 Å². The summed E-state index contributed by atoms with van der Waals surface area (Å²) in [7, 11) is 0. The van der Waals surface area contributed by atoms with Crippen molar-refractivity contribution >= 4 is 34.3 Å². The number of fused-ring (bicyclic) bond motifs is 1. The van der Waals surface area contributed by atoms with Gasteiger partial charge in [-0.05, 0) is 48.6 Å². The number of halogens is 1. The Morgan fingerprint density at radius 2 is 2.00 bits per heavy atom. The first-order chi connectivity index (χ1) is 11.5. The smallest absolute Gasteiger partial charge is 0.326 e. The molecule has 0 radical (unpaired) electrons. The Labute approximate surface area is 152 Å². The third kappa shape index (κ3) is 3.21. The molecule has 3 aromatic rings. The number of carbonyl (C=O) groups is 1. The second kappa shape index (κ2) is 6.76. The molecule has 0 spiro atoms. The maximum absolute atomic E-state index is 12.3. The number of benzene rings is 1. The maximum Gasteiger partial charge on any atom is 0.326 e. The lowest BCUT2D eigenvalue weighted by molar-refractivity contribution is -0.143. The molecule has 124 valence electrons. The number of ether oxygens (including phenoxy) is 1. The maximum atomic E-state index is 12.3. The highest BCUT2D eigenvalue weighted by Crippen LogP contribution is 2.20. The van der Waals surface area contributed by atoms with Gasteiger partial charge in [0.1, 0.15) is 6.54 Å². The van der Waals surface area contributed by atoms with Gasteiger partial charge in [0.05, 0.1) is 12.3 Å². The first kappa shape index (κ1) is 16.7. The molecule has 0 saturated heterocycles. The average molecular weight is 437 g/mol. The van der Waals surface area contributed by atoms with E-state index < -0.39 is 0 Å². The van der Waals surface area contributed by atoms with Gasteiger partial charge in [-0.15, -0.1) is 0 Å². The highest BCUT2D eigenvalue weighted by molar-refractivity contribution is 14.1. The van der Waals surface area contributed by atoms with Gasteiger partial charge in [-0.2, -0.15) is 0 Å². The molecule has 24 heavy (non-hydrogen) atoms. The van der Waals surface area contributed by atoms with Crippen LogP contribution >= 0.6 is 22.6 Å². The average Bonchev–Trinajstić information content (AvgIpc) is 2.98. The molecule has 2 heterocycles. The van der Waals surface area contributed by atoms with Gasteiger partial charge in [0.25, 0.3) is 5.56 Å². The van der Waals surface area contributed by atoms with Gasteiger partial charge in [0.2, 0.25) is 5.78 Å². The fraction of sp³-hybridized carbons (Fsp3) is 0.235. The molecule has 0 aliphatic carbocycles. The number of aryl methyl sites for hydroxylation is 1. The molecule has 0 unspecified atom stereocenters. The van der Waals surface area contributed by atoms with E-state index in [0.29, 0.717) is 23.8 Å². The van der Waals surface area contributed by atoms with Gasteiger partial charge in [0, 0.05) is 27.1 Å². The van der Waals surface area contributed by atoms with Crippen LogP contribution in [-0.4, -0.2) is 26.5 Å². The lowest BCUT2D eigenvalue weighted by atomic mass is 10.2. The summed E-state index contributed by atoms with van der Waals surface area (Å²) in [6.45, 7) is 3.87. The Kier molecular flexibility index (Phi) is 4.70. The fourth-order valence-corrected chi connectivity index (χ4v) is 2.86. The van der Waals surface area contributed by atoms with Crippen molar-refractivity contribution in [3.05, 3.63) is 56.1 Å². The van der Waals surface area contributed by atoms with Crippen LogP contribution in [0.15, 0.2) is 41.3 Å². The second-order valence-corrected chi connectivity index (χ2v) is 6.56. The number of hydrogen-bond acceptors (Lipinski definition) is 4. The highest BCUT2D eigenvalue weighted by atomic mass is 127. The number of hydrogen-bond donors (Lipinski definition) is 0. The van der Waals surface area contributed by atoms with E-state index in [-0.39, 0.29) is 18.1 Å². The standard InChI is InChI=1S/C17H16IN3O3/c1-3-24-16(23)10-20-11(2)8-15(22)21-9-14(19-17(20)21)12-4-6-13(18)7-5-12/h4-9H,3,10H2,1-2H3. The zero-order valence-electron chi connectivity index (χ0n) is 13.3. The van der Waals surface area contributed by atoms with Crippen molar-refractivity contribution in [3.8, 4) is 11.3 Å². The molecule has 0 aliphatic heterocycles. The van der Waals surface area contributed by atoms with E-state index in [9.17, 15) is 9.59 Å². The number of nitrogens with zero attached hydrogens (tertiary/aromatic N) is 3. The van der Waals surface area contributed by atoms with Crippen LogP contribution in [0, 0.1) is 10.5 Å². The van der Waals surface area contributed by atoms with Crippen LogP contribution in [0.4, 0.5) is 0 Å². The van der Waals surface area contributed by atoms with Crippen LogP contribution < -0.4 is 5.56 Å². The minimum Gasteiger partial charge on any atom is -0.465 e. The summed E-state index contributed by atoms with van der Waals surface area (Å²) in [5.74, 6) is 0.0755. The van der Waals surface area contributed by atoms with Gasteiger partial charge >= 0.3 is 5.97 Å². The molecule has 0 aliphatic rings. The summed E-state index contributed by atoms with van der Waals surface area (Å²) in [6, 6.07) is 9.37. The van der Waals surface area contributed by atoms with Crippen molar-refractivity contribution in [2.24, 2.45) is 0 Å². The van der Waals surface area contributed by atoms with Crippen LogP contribution in [0.25, 0.3) is 17.0 Å². The van der Waals surface area contributed by atoms with Gasteiger partial charge < -0.3 is 9.30 Å². The van der Waals surface area contributed by atoms with Crippen molar-refractivity contribution in [2.75, 3.05) is 6.61 Å². The molecule has 0 N–H and O–H groups in total. The van der Waals surface area contributed by atoms with E-state index >= 15 is 0 Å². The zero-order chi connectivity index (χ0) is 17.3. The van der Waals surface area contributed by atoms with Crippen molar-refractivity contribution in [1.29, 1.82) is 0 Å². The SMILES string of the molecule is CCOC(=O)Cn1c(C)cc(=O)n2cc(-c3ccc(I)cc3)nc12. The number of rotatable bonds is 4. The zero-order valence-corrected chi connectivity index (χ0v) is 15.5. The normalized spacial score (nSPS) is 11.0. The fourth-order valence-electron chi connectivity index (χ4n) is 2.50. The molecule has 0 amide bonds. The molecule has 2 aromatic heterocycles. The molecule has 0 saturated carbocycles. The molecular formula is C17H16IN3O3. The Morgan fingerprint density at radius 3 is 2.67 bits per heavy atom. The predicted octanol–water partition coefficient (Wildman–Crippen LogP) is 2.64. The van der Waals surface area contributed by atoms with Crippen LogP contribution in [0.3, 0.4) is 0 Å². The summed E-state index contributed by atoms with van der Waals surface area (Å²) < 4.78 is 9.28. The Balaban J connectivity index is 2.13. The van der Waals surface area contributed by atoms with Crippen molar-refractivity contribution in [2.45, 2.75) is 20.4 Å². The van der Waals surface area contributed by atoms with Crippen LogP contribution in [0.2, 0.25) is 0 Å². The Morgan fingerprint density at radius 1 is 1.29 bits per heavy atom. The molecule has 6 nitrogen and oxygen atoms in total. The van der Waals surface area contributed by atoms with Gasteiger partial charge in [-0.1, -0.05) is 12.1 Å². The lowest BCUT2D eigenvalue weighted by Crippen LogP contribution is -2.22. The predicted molar refractivity (Wildman–Crippen MR) is 99.0 cm³/mol. The molecular weight excluding hydrogens is 421 g/mol. The second-order valence-electron chi connectivity index (χ2n) is 5.32. The van der Waals surface area contributed by atoms with Crippen LogP contribution in [0.5, 0.6) is 0 Å². The molecule has 0 atom stereocenters. The minimum absolute atomic E-state index is 0.0204. The lowest BCUT2D eigenvalue weighted by Gasteiger charge is -2.10. The van der Waals surface area contributed by atoms with Crippen molar-refractivity contribution in [3.63, 3.8) is 0 Å². The largest absolute Gasteiger partial charge is 0.465 e. The summed E-state index contributed by atoms with van der Waals surface area (Å²) in [4.78, 5) is 28.7. The summed E-state index contributed by atoms with van der Waals surface area (Å²) in [6.07, 6.45) is 1.70. The summed E-state index contributed by atoms with van der Waals surface area (Å²) in [5, 5.41) is 0. The van der Waals surface area contributed by atoms with E-state index in [2.05, 4.69) is 27.6 Å². The minimum atomic E-state index is -0.357. The van der Waals surface area contributed by atoms with Crippen molar-refractivity contribution < 1.29 is 9.53 Å². The first-order valence-corrected chi connectivity index (χ1v) is 8.58. The third-order valence-electron chi connectivity index (χ3n) is 3.66. The van der Waals surface area contributed by atoms with E-state index in [0.717, 1.165) is 9.13 Å². The highest BCUT2D eigenvalue weighted by Gasteiger charge is 2.14. The monoisotopic (exact) mass is 437 g/mol. The summed E-state index contributed by atoms with van der Waals surface area (Å²) >= 11 is 2.23. The van der Waals surface area contributed by atoms with Gasteiger partial charge in [-0.3, -0.25) is 14.0 Å². The molecule has 0 bridgehead atoms. The molecule has 1 aromatic carbocycles. The quantitative estimate of drug-likeness (QED) is 0.465. The van der Waals surface area contributed by atoms with E-state index in [1.807, 2.05) is 24.3 Å². The van der Waals surface area contributed by atoms with E-state index in [1.54, 1.807) is 24.6 Å². The van der Waals surface area contributed by atoms with Gasteiger partial charge in [0.15, 0.2) is 0 Å². The van der Waals surface area contributed by atoms with Crippen LogP contribution in [-0.2, 0) is 16.1 Å². The number of carbonyl (C=O) groups excluding carboxylic acids is 1. The Bertz CT molecular complexity index is 958. The molecule has 0 fully saturated rings. The van der Waals surface area contributed by atoms with Gasteiger partial charge in [-0.25, -0.2) is 4.98 Å². The number of imidazole rings is 1. The number of aromatic nitrogens is 3.